The second kappa shape index (κ2) is 10.4. The molecule has 30 heavy (non-hydrogen) atoms. The molecular weight excluding hydrogens is 404 g/mol. The van der Waals surface area contributed by atoms with Gasteiger partial charge in [0.25, 0.3) is 0 Å². The summed E-state index contributed by atoms with van der Waals surface area (Å²) in [6.07, 6.45) is 3.76. The largest absolute Gasteiger partial charge is 0.466 e. The van der Waals surface area contributed by atoms with E-state index in [1.54, 1.807) is 35.2 Å². The molecule has 0 radical (unpaired) electrons. The fourth-order valence-corrected chi connectivity index (χ4v) is 5.66. The number of hydrogen-bond donors (Lipinski definition) is 0. The van der Waals surface area contributed by atoms with E-state index in [4.69, 9.17) is 4.74 Å². The monoisotopic (exact) mass is 436 g/mol. The van der Waals surface area contributed by atoms with Crippen LogP contribution in [0.3, 0.4) is 0 Å². The summed E-state index contributed by atoms with van der Waals surface area (Å²) in [5, 5.41) is 0. The van der Waals surface area contributed by atoms with E-state index in [0.29, 0.717) is 31.0 Å². The molecule has 0 spiro atoms. The summed E-state index contributed by atoms with van der Waals surface area (Å²) in [6.45, 7) is 4.59. The molecule has 2 aliphatic rings. The maximum Gasteiger partial charge on any atom is 0.310 e. The van der Waals surface area contributed by atoms with Crippen molar-refractivity contribution in [1.29, 1.82) is 0 Å². The van der Waals surface area contributed by atoms with Crippen molar-refractivity contribution in [2.24, 2.45) is 5.92 Å². The second-order valence-corrected chi connectivity index (χ2v) is 10.2. The predicted molar refractivity (Wildman–Crippen MR) is 114 cm³/mol. The number of piperidine rings is 1. The second-order valence-electron chi connectivity index (χ2n) is 8.08. The number of likely N-dealkylation sites (tertiary alicyclic amines) is 2. The third-order valence-electron chi connectivity index (χ3n) is 6.10. The van der Waals surface area contributed by atoms with Gasteiger partial charge in [-0.25, -0.2) is 8.42 Å². The van der Waals surface area contributed by atoms with Crippen LogP contribution in [0.4, 0.5) is 0 Å². The molecule has 1 amide bonds. The highest BCUT2D eigenvalue weighted by Crippen LogP contribution is 2.25. The first-order chi connectivity index (χ1) is 14.4. The van der Waals surface area contributed by atoms with E-state index in [1.807, 2.05) is 6.92 Å². The number of nitrogens with zero attached hydrogens (tertiary/aromatic N) is 2. The van der Waals surface area contributed by atoms with Crippen molar-refractivity contribution in [1.82, 2.24) is 9.80 Å². The van der Waals surface area contributed by atoms with E-state index < -0.39 is 9.84 Å². The molecule has 166 valence electrons. The molecule has 0 saturated carbocycles. The Morgan fingerprint density at radius 3 is 2.63 bits per heavy atom. The van der Waals surface area contributed by atoms with Crippen LogP contribution >= 0.6 is 0 Å². The molecular formula is C22H32N2O5S. The van der Waals surface area contributed by atoms with Crippen LogP contribution in [0.5, 0.6) is 0 Å². The number of carbonyl (C=O) groups excluding carboxylic acids is 2. The van der Waals surface area contributed by atoms with E-state index in [-0.39, 0.29) is 36.1 Å². The molecule has 1 aromatic carbocycles. The highest BCUT2D eigenvalue weighted by molar-refractivity contribution is 7.91. The molecule has 0 unspecified atom stereocenters. The van der Waals surface area contributed by atoms with Gasteiger partial charge >= 0.3 is 5.97 Å². The molecule has 1 aromatic rings. The normalized spacial score (nSPS) is 23.8. The zero-order valence-corrected chi connectivity index (χ0v) is 18.5. The lowest BCUT2D eigenvalue weighted by Crippen LogP contribution is -2.45. The summed E-state index contributed by atoms with van der Waals surface area (Å²) in [4.78, 5) is 29.0. The van der Waals surface area contributed by atoms with Crippen molar-refractivity contribution in [3.8, 4) is 0 Å². The standard InChI is InChI=1S/C22H32N2O5S/c1-2-29-22(26)18-7-6-13-24(17-18)19-10-11-21(25)23(14-12-19)15-16-30(27,28)20-8-4-3-5-9-20/h3-5,8-9,18-19H,2,6-7,10-17H2,1H3/t18-,19-/m0/s1. The summed E-state index contributed by atoms with van der Waals surface area (Å²) in [7, 11) is -3.41. The van der Waals surface area contributed by atoms with E-state index >= 15 is 0 Å². The first kappa shape index (κ1) is 22.7. The summed E-state index contributed by atoms with van der Waals surface area (Å²) in [5.74, 6) is -0.272. The molecule has 2 fully saturated rings. The molecule has 2 saturated heterocycles. The van der Waals surface area contributed by atoms with Crippen molar-refractivity contribution >= 4 is 21.7 Å². The average molecular weight is 437 g/mol. The van der Waals surface area contributed by atoms with Gasteiger partial charge in [0, 0.05) is 32.1 Å². The zero-order valence-electron chi connectivity index (χ0n) is 17.7. The number of sulfone groups is 1. The van der Waals surface area contributed by atoms with E-state index in [9.17, 15) is 18.0 Å². The highest BCUT2D eigenvalue weighted by atomic mass is 32.2. The predicted octanol–water partition coefficient (Wildman–Crippen LogP) is 2.12. The number of ether oxygens (including phenoxy) is 1. The molecule has 0 aliphatic carbocycles. The fraction of sp³-hybridized carbons (Fsp3) is 0.636. The minimum Gasteiger partial charge on any atom is -0.466 e. The van der Waals surface area contributed by atoms with Crippen molar-refractivity contribution in [2.75, 3.05) is 38.5 Å². The topological polar surface area (TPSA) is 84.0 Å². The van der Waals surface area contributed by atoms with Crippen LogP contribution in [0.2, 0.25) is 0 Å². The Morgan fingerprint density at radius 1 is 1.13 bits per heavy atom. The van der Waals surface area contributed by atoms with Gasteiger partial charge < -0.3 is 9.64 Å². The van der Waals surface area contributed by atoms with Gasteiger partial charge in [-0.15, -0.1) is 0 Å². The van der Waals surface area contributed by atoms with Crippen LogP contribution in [-0.2, 0) is 24.2 Å². The summed E-state index contributed by atoms with van der Waals surface area (Å²) >= 11 is 0. The van der Waals surface area contributed by atoms with Crippen LogP contribution in [0.1, 0.15) is 39.0 Å². The van der Waals surface area contributed by atoms with E-state index in [2.05, 4.69) is 4.90 Å². The third-order valence-corrected chi connectivity index (χ3v) is 7.81. The van der Waals surface area contributed by atoms with E-state index in [0.717, 1.165) is 32.2 Å². The molecule has 2 aliphatic heterocycles. The van der Waals surface area contributed by atoms with Crippen molar-refractivity contribution in [3.63, 3.8) is 0 Å². The van der Waals surface area contributed by atoms with Gasteiger partial charge in [0.1, 0.15) is 0 Å². The molecule has 2 heterocycles. The Hall–Kier alpha value is -1.93. The smallest absolute Gasteiger partial charge is 0.310 e. The molecule has 2 atom stereocenters. The minimum absolute atomic E-state index is 0.0136. The molecule has 0 aromatic heterocycles. The third kappa shape index (κ3) is 5.82. The highest BCUT2D eigenvalue weighted by Gasteiger charge is 2.33. The summed E-state index contributed by atoms with van der Waals surface area (Å²) in [5.41, 5.74) is 0. The van der Waals surface area contributed by atoms with Gasteiger partial charge in [0.2, 0.25) is 5.91 Å². The first-order valence-corrected chi connectivity index (χ1v) is 12.5. The van der Waals surface area contributed by atoms with Gasteiger partial charge in [-0.05, 0) is 51.3 Å². The number of hydrogen-bond acceptors (Lipinski definition) is 6. The number of benzene rings is 1. The van der Waals surface area contributed by atoms with Gasteiger partial charge in [0.05, 0.1) is 23.2 Å². The lowest BCUT2D eigenvalue weighted by molar-refractivity contribution is -0.150. The molecule has 3 rings (SSSR count). The Kier molecular flexibility index (Phi) is 7.88. The lowest BCUT2D eigenvalue weighted by atomic mass is 9.95. The zero-order chi connectivity index (χ0) is 21.6. The maximum absolute atomic E-state index is 12.6. The van der Waals surface area contributed by atoms with Crippen LogP contribution in [-0.4, -0.2) is 74.7 Å². The molecule has 8 heteroatoms. The number of rotatable bonds is 7. The van der Waals surface area contributed by atoms with Gasteiger partial charge in [0.15, 0.2) is 9.84 Å². The summed E-state index contributed by atoms with van der Waals surface area (Å²) in [6, 6.07) is 8.61. The maximum atomic E-state index is 12.6. The molecule has 7 nitrogen and oxygen atoms in total. The Labute approximate surface area is 179 Å². The quantitative estimate of drug-likeness (QED) is 0.609. The van der Waals surface area contributed by atoms with Gasteiger partial charge in [-0.1, -0.05) is 18.2 Å². The average Bonchev–Trinajstić information content (AvgIpc) is 2.95. The number of carbonyl (C=O) groups is 2. The summed E-state index contributed by atoms with van der Waals surface area (Å²) < 4.78 is 30.3. The van der Waals surface area contributed by atoms with Crippen LogP contribution in [0.25, 0.3) is 0 Å². The van der Waals surface area contributed by atoms with Gasteiger partial charge in [-0.3, -0.25) is 14.5 Å². The molecule has 0 bridgehead atoms. The first-order valence-electron chi connectivity index (χ1n) is 10.9. The number of amides is 1. The number of esters is 1. The lowest BCUT2D eigenvalue weighted by Gasteiger charge is -2.37. The SMILES string of the molecule is CCOC(=O)[C@H]1CCCN([C@H]2CCC(=O)N(CCS(=O)(=O)c3ccccc3)CC2)C1. The molecule has 0 N–H and O–H groups in total. The van der Waals surface area contributed by atoms with Gasteiger partial charge in [-0.2, -0.15) is 0 Å². The Balaban J connectivity index is 1.55. The van der Waals surface area contributed by atoms with Crippen molar-refractivity contribution < 1.29 is 22.7 Å². The van der Waals surface area contributed by atoms with Crippen LogP contribution < -0.4 is 0 Å². The van der Waals surface area contributed by atoms with Crippen molar-refractivity contribution in [2.45, 2.75) is 50.0 Å². The fourth-order valence-electron chi connectivity index (χ4n) is 4.39. The van der Waals surface area contributed by atoms with E-state index in [1.165, 1.54) is 0 Å². The minimum atomic E-state index is -3.41. The Morgan fingerprint density at radius 2 is 1.90 bits per heavy atom. The Bertz CT molecular complexity index is 827. The van der Waals surface area contributed by atoms with Crippen molar-refractivity contribution in [3.05, 3.63) is 30.3 Å². The van der Waals surface area contributed by atoms with Crippen LogP contribution in [0, 0.1) is 5.92 Å². The van der Waals surface area contributed by atoms with Crippen LogP contribution in [0.15, 0.2) is 35.2 Å².